The highest BCUT2D eigenvalue weighted by Gasteiger charge is 2.16. The molecule has 2 N–H and O–H groups in total. The fourth-order valence-corrected chi connectivity index (χ4v) is 3.59. The number of fused-ring (bicyclic) bond motifs is 1. The number of nitrogens with zero attached hydrogens (tertiary/aromatic N) is 6. The first kappa shape index (κ1) is 18.0. The van der Waals surface area contributed by atoms with Crippen molar-refractivity contribution in [2.24, 2.45) is 0 Å². The number of aromatic amines is 2. The van der Waals surface area contributed by atoms with Crippen LogP contribution in [0.2, 0.25) is 0 Å². The van der Waals surface area contributed by atoms with E-state index in [9.17, 15) is 0 Å². The lowest BCUT2D eigenvalue weighted by Gasteiger charge is -2.12. The molecule has 5 rings (SSSR count). The summed E-state index contributed by atoms with van der Waals surface area (Å²) in [6, 6.07) is 7.98. The van der Waals surface area contributed by atoms with Crippen molar-refractivity contribution in [2.45, 2.75) is 19.9 Å². The maximum absolute atomic E-state index is 5.62. The molecule has 0 amide bonds. The molecule has 0 aliphatic heterocycles. The Morgan fingerprint density at radius 2 is 2.07 bits per heavy atom. The van der Waals surface area contributed by atoms with Gasteiger partial charge in [0.15, 0.2) is 5.82 Å². The van der Waals surface area contributed by atoms with E-state index in [1.807, 2.05) is 37.5 Å². The second kappa shape index (κ2) is 7.43. The summed E-state index contributed by atoms with van der Waals surface area (Å²) in [5, 5.41) is 8.04. The number of benzene rings is 1. The average Bonchev–Trinajstić information content (AvgIpc) is 3.52. The van der Waals surface area contributed by atoms with Gasteiger partial charge in [-0.1, -0.05) is 0 Å². The molecule has 0 aliphatic carbocycles. The van der Waals surface area contributed by atoms with Crippen LogP contribution in [0.1, 0.15) is 11.6 Å². The Hall–Kier alpha value is -4.01. The van der Waals surface area contributed by atoms with Gasteiger partial charge in [0.05, 0.1) is 12.8 Å². The highest BCUT2D eigenvalue weighted by molar-refractivity contribution is 5.93. The van der Waals surface area contributed by atoms with Crippen molar-refractivity contribution in [3.8, 4) is 28.4 Å². The zero-order valence-corrected chi connectivity index (χ0v) is 16.6. The maximum Gasteiger partial charge on any atom is 0.152 e. The van der Waals surface area contributed by atoms with Gasteiger partial charge in [0, 0.05) is 48.1 Å². The molecule has 0 saturated heterocycles. The zero-order chi connectivity index (χ0) is 20.5. The van der Waals surface area contributed by atoms with Gasteiger partial charge in [0.25, 0.3) is 0 Å². The fraction of sp³-hybridized carbons (Fsp3) is 0.190. The van der Waals surface area contributed by atoms with Crippen LogP contribution >= 0.6 is 0 Å². The Morgan fingerprint density at radius 3 is 2.90 bits per heavy atom. The van der Waals surface area contributed by atoms with Crippen LogP contribution < -0.4 is 4.74 Å². The molecule has 0 atom stereocenters. The van der Waals surface area contributed by atoms with Gasteiger partial charge in [-0.3, -0.25) is 5.10 Å². The molecule has 0 spiro atoms. The molecule has 9 nitrogen and oxygen atoms in total. The van der Waals surface area contributed by atoms with E-state index in [0.29, 0.717) is 6.42 Å². The first-order valence-electron chi connectivity index (χ1n) is 9.59. The van der Waals surface area contributed by atoms with Crippen LogP contribution in [0.15, 0.2) is 49.2 Å². The lowest BCUT2D eigenvalue weighted by Crippen LogP contribution is -2.04. The van der Waals surface area contributed by atoms with E-state index >= 15 is 0 Å². The molecule has 0 aliphatic rings. The summed E-state index contributed by atoms with van der Waals surface area (Å²) in [7, 11) is 1.66. The van der Waals surface area contributed by atoms with Crippen LogP contribution in [0, 0.1) is 6.92 Å². The predicted octanol–water partition coefficient (Wildman–Crippen LogP) is 3.17. The molecule has 150 valence electrons. The highest BCUT2D eigenvalue weighted by Crippen LogP contribution is 2.35. The van der Waals surface area contributed by atoms with Gasteiger partial charge in [-0.2, -0.15) is 5.10 Å². The quantitative estimate of drug-likeness (QED) is 0.453. The normalized spacial score (nSPS) is 11.3. The number of hydrogen-bond donors (Lipinski definition) is 2. The molecule has 0 bridgehead atoms. The summed E-state index contributed by atoms with van der Waals surface area (Å²) in [6.45, 7) is 2.62. The minimum atomic E-state index is 0.715. The Bertz CT molecular complexity index is 1320. The van der Waals surface area contributed by atoms with Crippen LogP contribution in [0.3, 0.4) is 0 Å². The Labute approximate surface area is 172 Å². The molecule has 0 fully saturated rings. The number of aromatic nitrogens is 8. The molecule has 4 aromatic heterocycles. The molecule has 0 radical (unpaired) electrons. The van der Waals surface area contributed by atoms with Gasteiger partial charge in [0.1, 0.15) is 29.4 Å². The van der Waals surface area contributed by atoms with E-state index in [0.717, 1.165) is 57.6 Å². The lowest BCUT2D eigenvalue weighted by molar-refractivity contribution is 0.416. The van der Waals surface area contributed by atoms with Crippen molar-refractivity contribution < 1.29 is 4.74 Å². The molecule has 30 heavy (non-hydrogen) atoms. The smallest absolute Gasteiger partial charge is 0.152 e. The Balaban J connectivity index is 1.53. The third kappa shape index (κ3) is 3.20. The SMILES string of the molecule is COc1ccc(-c2nccn2CCc2n[nH]c(C)n2)cc1-c1ncnc2[nH]ccc12. The largest absolute Gasteiger partial charge is 0.496 e. The molecule has 4 heterocycles. The molecular formula is C21H20N8O. The highest BCUT2D eigenvalue weighted by atomic mass is 16.5. The van der Waals surface area contributed by atoms with Crippen molar-refractivity contribution >= 4 is 11.0 Å². The Kier molecular flexibility index (Phi) is 4.47. The number of hydrogen-bond acceptors (Lipinski definition) is 6. The maximum atomic E-state index is 5.62. The molecular weight excluding hydrogens is 380 g/mol. The first-order chi connectivity index (χ1) is 14.7. The predicted molar refractivity (Wildman–Crippen MR) is 112 cm³/mol. The van der Waals surface area contributed by atoms with E-state index < -0.39 is 0 Å². The van der Waals surface area contributed by atoms with Gasteiger partial charge in [-0.25, -0.2) is 19.9 Å². The third-order valence-electron chi connectivity index (χ3n) is 5.00. The van der Waals surface area contributed by atoms with Gasteiger partial charge in [0.2, 0.25) is 0 Å². The minimum absolute atomic E-state index is 0.715. The van der Waals surface area contributed by atoms with Crippen LogP contribution in [0.5, 0.6) is 5.75 Å². The second-order valence-corrected chi connectivity index (χ2v) is 6.91. The topological polar surface area (TPSA) is 110 Å². The summed E-state index contributed by atoms with van der Waals surface area (Å²) in [4.78, 5) is 20.9. The van der Waals surface area contributed by atoms with Crippen LogP contribution in [0.25, 0.3) is 33.7 Å². The monoisotopic (exact) mass is 400 g/mol. The standard InChI is InChI=1S/C21H20N8O/c1-13-26-18(28-27-13)6-9-29-10-8-23-21(29)14-3-4-17(30-2)16(11-14)19-15-5-7-22-20(15)25-12-24-19/h3-5,7-8,10-12H,6,9H2,1-2H3,(H,22,24,25)(H,26,27,28). The van der Waals surface area contributed by atoms with Gasteiger partial charge >= 0.3 is 0 Å². The van der Waals surface area contributed by atoms with Gasteiger partial charge in [-0.05, 0) is 31.2 Å². The number of rotatable bonds is 6. The zero-order valence-electron chi connectivity index (χ0n) is 16.6. The summed E-state index contributed by atoms with van der Waals surface area (Å²) in [5.74, 6) is 3.22. The average molecular weight is 400 g/mol. The summed E-state index contributed by atoms with van der Waals surface area (Å²) in [6.07, 6.45) is 7.90. The second-order valence-electron chi connectivity index (χ2n) is 6.91. The van der Waals surface area contributed by atoms with Crippen molar-refractivity contribution in [1.82, 2.24) is 39.7 Å². The van der Waals surface area contributed by atoms with Crippen molar-refractivity contribution in [3.05, 3.63) is 60.8 Å². The summed E-state index contributed by atoms with van der Waals surface area (Å²) >= 11 is 0. The van der Waals surface area contributed by atoms with Crippen molar-refractivity contribution in [3.63, 3.8) is 0 Å². The van der Waals surface area contributed by atoms with Crippen LogP contribution in [-0.2, 0) is 13.0 Å². The molecule has 0 unspecified atom stereocenters. The number of imidazole rings is 1. The number of nitrogens with one attached hydrogen (secondary N) is 2. The fourth-order valence-electron chi connectivity index (χ4n) is 3.59. The van der Waals surface area contributed by atoms with Crippen LogP contribution in [0.4, 0.5) is 0 Å². The molecule has 9 heteroatoms. The molecule has 1 aromatic carbocycles. The van der Waals surface area contributed by atoms with Gasteiger partial charge in [-0.15, -0.1) is 0 Å². The molecule has 0 saturated carbocycles. The van der Waals surface area contributed by atoms with Crippen molar-refractivity contribution in [2.75, 3.05) is 7.11 Å². The first-order valence-corrected chi connectivity index (χ1v) is 9.59. The van der Waals surface area contributed by atoms with E-state index in [-0.39, 0.29) is 0 Å². The van der Waals surface area contributed by atoms with E-state index in [1.165, 1.54) is 0 Å². The minimum Gasteiger partial charge on any atom is -0.496 e. The van der Waals surface area contributed by atoms with Crippen LogP contribution in [-0.4, -0.2) is 46.8 Å². The van der Waals surface area contributed by atoms with E-state index in [2.05, 4.69) is 45.8 Å². The summed E-state index contributed by atoms with van der Waals surface area (Å²) in [5.41, 5.74) is 3.47. The number of ether oxygens (including phenoxy) is 1. The van der Waals surface area contributed by atoms with E-state index in [4.69, 9.17) is 4.74 Å². The lowest BCUT2D eigenvalue weighted by atomic mass is 10.0. The summed E-state index contributed by atoms with van der Waals surface area (Å²) < 4.78 is 7.72. The van der Waals surface area contributed by atoms with Gasteiger partial charge < -0.3 is 14.3 Å². The number of methoxy groups -OCH3 is 1. The molecule has 5 aromatic rings. The number of H-pyrrole nitrogens is 2. The van der Waals surface area contributed by atoms with E-state index in [1.54, 1.807) is 19.6 Å². The Morgan fingerprint density at radius 1 is 1.13 bits per heavy atom. The number of aryl methyl sites for hydroxylation is 3. The third-order valence-corrected chi connectivity index (χ3v) is 5.00. The van der Waals surface area contributed by atoms with Crippen molar-refractivity contribution in [1.29, 1.82) is 0 Å².